The maximum Gasteiger partial charge on any atom is 0.320 e. The summed E-state index contributed by atoms with van der Waals surface area (Å²) in [6, 6.07) is -0.0127. The van der Waals surface area contributed by atoms with E-state index >= 15 is 0 Å². The highest BCUT2D eigenvalue weighted by Crippen LogP contribution is 2.09. The smallest absolute Gasteiger partial charge is 0.320 e. The lowest BCUT2D eigenvalue weighted by Gasteiger charge is -2.33. The summed E-state index contributed by atoms with van der Waals surface area (Å²) in [6.45, 7) is 4.24. The number of carbonyl (C=O) groups is 2. The minimum atomic E-state index is -0.281. The Morgan fingerprint density at radius 3 is 2.41 bits per heavy atom. The number of ether oxygens (including phenoxy) is 3. The summed E-state index contributed by atoms with van der Waals surface area (Å²) < 4.78 is 16.3. The van der Waals surface area contributed by atoms with E-state index in [0.717, 1.165) is 0 Å². The predicted molar refractivity (Wildman–Crippen MR) is 78.6 cm³/mol. The van der Waals surface area contributed by atoms with Crippen molar-refractivity contribution in [3.63, 3.8) is 0 Å². The molecule has 126 valence electrons. The average molecular weight is 315 g/mol. The summed E-state index contributed by atoms with van der Waals surface area (Å²) in [7, 11) is 3.37. The van der Waals surface area contributed by atoms with E-state index in [2.05, 4.69) is 0 Å². The number of nitrogens with zero attached hydrogens (tertiary/aromatic N) is 3. The zero-order valence-electron chi connectivity index (χ0n) is 13.3. The Kier molecular flexibility index (Phi) is 6.41. The van der Waals surface area contributed by atoms with E-state index in [9.17, 15) is 9.59 Å². The summed E-state index contributed by atoms with van der Waals surface area (Å²) in [4.78, 5) is 29.1. The predicted octanol–water partition coefficient (Wildman–Crippen LogP) is -0.756. The number of hydrogen-bond acceptors (Lipinski definition) is 5. The lowest BCUT2D eigenvalue weighted by molar-refractivity contribution is -0.136. The third-order valence-electron chi connectivity index (χ3n) is 3.73. The van der Waals surface area contributed by atoms with Crippen LogP contribution in [-0.4, -0.2) is 106 Å². The van der Waals surface area contributed by atoms with Crippen LogP contribution in [0.2, 0.25) is 0 Å². The number of rotatable bonds is 3. The van der Waals surface area contributed by atoms with Crippen LogP contribution in [0.3, 0.4) is 0 Å². The van der Waals surface area contributed by atoms with Crippen LogP contribution in [0.25, 0.3) is 0 Å². The number of likely N-dealkylation sites (N-methyl/N-ethyl adjacent to an activating group) is 1. The fourth-order valence-corrected chi connectivity index (χ4v) is 2.33. The molecule has 0 N–H and O–H groups in total. The molecule has 2 heterocycles. The van der Waals surface area contributed by atoms with Crippen molar-refractivity contribution < 1.29 is 23.8 Å². The monoisotopic (exact) mass is 315 g/mol. The highest BCUT2D eigenvalue weighted by atomic mass is 16.5. The van der Waals surface area contributed by atoms with Crippen LogP contribution in [0.15, 0.2) is 0 Å². The topological polar surface area (TPSA) is 71.6 Å². The van der Waals surface area contributed by atoms with Crippen molar-refractivity contribution in [2.75, 3.05) is 73.3 Å². The van der Waals surface area contributed by atoms with Gasteiger partial charge in [0, 0.05) is 33.7 Å². The second-order valence-electron chi connectivity index (χ2n) is 5.62. The van der Waals surface area contributed by atoms with Crippen molar-refractivity contribution in [3.05, 3.63) is 0 Å². The van der Waals surface area contributed by atoms with Crippen molar-refractivity contribution in [2.45, 2.75) is 6.10 Å². The van der Waals surface area contributed by atoms with E-state index in [1.165, 1.54) is 4.90 Å². The summed E-state index contributed by atoms with van der Waals surface area (Å²) in [6.07, 6.45) is -0.281. The largest absolute Gasteiger partial charge is 0.378 e. The van der Waals surface area contributed by atoms with Gasteiger partial charge in [0.05, 0.1) is 39.1 Å². The lowest BCUT2D eigenvalue weighted by atomic mass is 10.3. The molecule has 8 nitrogen and oxygen atoms in total. The Bertz CT molecular complexity index is 385. The molecule has 0 aromatic rings. The number of urea groups is 1. The molecule has 0 spiro atoms. The fourth-order valence-electron chi connectivity index (χ4n) is 2.33. The van der Waals surface area contributed by atoms with Crippen LogP contribution < -0.4 is 0 Å². The number of hydrogen-bond donors (Lipinski definition) is 0. The van der Waals surface area contributed by atoms with Gasteiger partial charge in [0.25, 0.3) is 0 Å². The van der Waals surface area contributed by atoms with Gasteiger partial charge in [0.15, 0.2) is 0 Å². The highest BCUT2D eigenvalue weighted by molar-refractivity contribution is 5.77. The molecule has 2 aliphatic heterocycles. The molecule has 0 saturated carbocycles. The number of amides is 3. The van der Waals surface area contributed by atoms with E-state index in [0.29, 0.717) is 52.6 Å². The highest BCUT2D eigenvalue weighted by Gasteiger charge is 2.27. The summed E-state index contributed by atoms with van der Waals surface area (Å²) >= 11 is 0. The molecule has 0 bridgehead atoms. The lowest BCUT2D eigenvalue weighted by Crippen LogP contribution is -2.50. The van der Waals surface area contributed by atoms with Crippen LogP contribution in [0.4, 0.5) is 4.79 Å². The minimum absolute atomic E-state index is 0.000607. The SMILES string of the molecule is CN(C)C(=O)CO[C@H]1COCCN(C(=O)N2CCOCC2)C1. The molecule has 0 aromatic carbocycles. The van der Waals surface area contributed by atoms with Gasteiger partial charge in [0.1, 0.15) is 6.61 Å². The third kappa shape index (κ3) is 4.82. The van der Waals surface area contributed by atoms with Crippen molar-refractivity contribution in [3.8, 4) is 0 Å². The first kappa shape index (κ1) is 17.0. The third-order valence-corrected chi connectivity index (χ3v) is 3.73. The molecule has 8 heteroatoms. The average Bonchev–Trinajstić information content (AvgIpc) is 2.78. The van der Waals surface area contributed by atoms with Crippen molar-refractivity contribution in [2.24, 2.45) is 0 Å². The van der Waals surface area contributed by atoms with Gasteiger partial charge < -0.3 is 28.9 Å². The van der Waals surface area contributed by atoms with E-state index < -0.39 is 0 Å². The van der Waals surface area contributed by atoms with Crippen LogP contribution in [0.5, 0.6) is 0 Å². The van der Waals surface area contributed by atoms with Crippen LogP contribution in [0.1, 0.15) is 0 Å². The van der Waals surface area contributed by atoms with Crippen molar-refractivity contribution in [1.29, 1.82) is 0 Å². The zero-order valence-corrected chi connectivity index (χ0v) is 13.3. The van der Waals surface area contributed by atoms with E-state index in [-0.39, 0.29) is 24.6 Å². The molecule has 0 radical (unpaired) electrons. The molecule has 0 aromatic heterocycles. The molecular formula is C14H25N3O5. The summed E-state index contributed by atoms with van der Waals surface area (Å²) in [5, 5.41) is 0. The van der Waals surface area contributed by atoms with Gasteiger partial charge in [-0.1, -0.05) is 0 Å². The molecule has 1 atom stereocenters. The summed E-state index contributed by atoms with van der Waals surface area (Å²) in [5.74, 6) is -0.102. The van der Waals surface area contributed by atoms with Gasteiger partial charge in [-0.15, -0.1) is 0 Å². The van der Waals surface area contributed by atoms with Crippen LogP contribution >= 0.6 is 0 Å². The number of carbonyl (C=O) groups excluding carboxylic acids is 2. The van der Waals surface area contributed by atoms with E-state index in [1.54, 1.807) is 23.9 Å². The Morgan fingerprint density at radius 1 is 1.09 bits per heavy atom. The molecule has 0 unspecified atom stereocenters. The van der Waals surface area contributed by atoms with Crippen molar-refractivity contribution >= 4 is 11.9 Å². The molecule has 22 heavy (non-hydrogen) atoms. The first-order valence-electron chi connectivity index (χ1n) is 7.59. The molecule has 3 amide bonds. The van der Waals surface area contributed by atoms with Gasteiger partial charge in [-0.3, -0.25) is 4.79 Å². The normalized spacial score (nSPS) is 23.1. The first-order chi connectivity index (χ1) is 10.6. The molecule has 0 aliphatic carbocycles. The quantitative estimate of drug-likeness (QED) is 0.685. The Hall–Kier alpha value is -1.38. The maximum absolute atomic E-state index is 12.5. The fraction of sp³-hybridized carbons (Fsp3) is 0.857. The second kappa shape index (κ2) is 8.30. The van der Waals surface area contributed by atoms with Crippen LogP contribution in [-0.2, 0) is 19.0 Å². The van der Waals surface area contributed by atoms with Crippen molar-refractivity contribution in [1.82, 2.24) is 14.7 Å². The van der Waals surface area contributed by atoms with E-state index in [4.69, 9.17) is 14.2 Å². The van der Waals surface area contributed by atoms with Gasteiger partial charge in [0.2, 0.25) is 5.91 Å². The Balaban J connectivity index is 1.86. The molecule has 2 aliphatic rings. The maximum atomic E-state index is 12.5. The molecular weight excluding hydrogens is 290 g/mol. The van der Waals surface area contributed by atoms with Gasteiger partial charge in [-0.25, -0.2) is 4.79 Å². The minimum Gasteiger partial charge on any atom is -0.378 e. The van der Waals surface area contributed by atoms with Gasteiger partial charge >= 0.3 is 6.03 Å². The summed E-state index contributed by atoms with van der Waals surface area (Å²) in [5.41, 5.74) is 0. The van der Waals surface area contributed by atoms with Gasteiger partial charge in [-0.05, 0) is 0 Å². The standard InChI is InChI=1S/C14H25N3O5/c1-15(2)13(18)11-22-12-9-17(5-8-21-10-12)14(19)16-3-6-20-7-4-16/h12H,3-11H2,1-2H3/t12-/m1/s1. The second-order valence-corrected chi connectivity index (χ2v) is 5.62. The number of morpholine rings is 1. The molecule has 2 fully saturated rings. The van der Waals surface area contributed by atoms with Gasteiger partial charge in [-0.2, -0.15) is 0 Å². The van der Waals surface area contributed by atoms with E-state index in [1.807, 2.05) is 0 Å². The first-order valence-corrected chi connectivity index (χ1v) is 7.59. The zero-order chi connectivity index (χ0) is 15.9. The molecule has 2 rings (SSSR count). The van der Waals surface area contributed by atoms with Crippen LogP contribution in [0, 0.1) is 0 Å². The Labute approximate surface area is 130 Å². The molecule has 2 saturated heterocycles. The Morgan fingerprint density at radius 2 is 1.73 bits per heavy atom.